The first-order chi connectivity index (χ1) is 12.7. The number of carbonyl (C=O) groups is 1. The molecule has 0 saturated carbocycles. The zero-order chi connectivity index (χ0) is 18.1. The van der Waals surface area contributed by atoms with Crippen LogP contribution >= 0.6 is 0 Å². The number of hydrogen-bond donors (Lipinski definition) is 2. The summed E-state index contributed by atoms with van der Waals surface area (Å²) in [4.78, 5) is 26.3. The van der Waals surface area contributed by atoms with Crippen molar-refractivity contribution in [2.24, 2.45) is 5.92 Å². The van der Waals surface area contributed by atoms with Crippen LogP contribution in [0.3, 0.4) is 0 Å². The van der Waals surface area contributed by atoms with Crippen molar-refractivity contribution in [2.45, 2.75) is 25.8 Å². The fourth-order valence-electron chi connectivity index (χ4n) is 3.60. The van der Waals surface area contributed by atoms with Crippen molar-refractivity contribution in [1.82, 2.24) is 20.3 Å². The van der Waals surface area contributed by atoms with E-state index in [2.05, 4.69) is 25.2 Å². The van der Waals surface area contributed by atoms with E-state index in [9.17, 15) is 4.79 Å². The summed E-state index contributed by atoms with van der Waals surface area (Å²) < 4.78 is 0. The highest BCUT2D eigenvalue weighted by Gasteiger charge is 2.25. The van der Waals surface area contributed by atoms with Gasteiger partial charge in [0.25, 0.3) is 0 Å². The maximum Gasteiger partial charge on any atom is 0.237 e. The minimum Gasteiger partial charge on any atom is -0.368 e. The number of aromatic nitrogens is 3. The zero-order valence-corrected chi connectivity index (χ0v) is 14.6. The lowest BCUT2D eigenvalue weighted by atomic mass is 10.0. The SMILES string of the molecule is CC(C#N)C(=O)NC1CCCN(c2cncc3cnc4[nH]ccc4c23)C1. The van der Waals surface area contributed by atoms with Gasteiger partial charge in [-0.05, 0) is 25.8 Å². The average molecular weight is 348 g/mol. The molecule has 26 heavy (non-hydrogen) atoms. The molecule has 4 rings (SSSR count). The number of pyridine rings is 2. The average Bonchev–Trinajstić information content (AvgIpc) is 3.16. The summed E-state index contributed by atoms with van der Waals surface area (Å²) in [5, 5.41) is 15.1. The quantitative estimate of drug-likeness (QED) is 0.757. The lowest BCUT2D eigenvalue weighted by Gasteiger charge is -2.35. The van der Waals surface area contributed by atoms with Gasteiger partial charge in [0.2, 0.25) is 5.91 Å². The zero-order valence-electron chi connectivity index (χ0n) is 14.6. The van der Waals surface area contributed by atoms with Crippen LogP contribution in [0.25, 0.3) is 21.8 Å². The molecule has 0 radical (unpaired) electrons. The maximum atomic E-state index is 12.1. The smallest absolute Gasteiger partial charge is 0.237 e. The molecule has 0 aromatic carbocycles. The summed E-state index contributed by atoms with van der Waals surface area (Å²) in [7, 11) is 0. The van der Waals surface area contributed by atoms with Crippen LogP contribution in [0, 0.1) is 17.2 Å². The van der Waals surface area contributed by atoms with Gasteiger partial charge in [-0.3, -0.25) is 9.78 Å². The topological polar surface area (TPSA) is 97.7 Å². The number of piperidine rings is 1. The third-order valence-electron chi connectivity index (χ3n) is 4.98. The van der Waals surface area contributed by atoms with Gasteiger partial charge < -0.3 is 15.2 Å². The number of nitrogens with zero attached hydrogens (tertiary/aromatic N) is 4. The normalized spacial score (nSPS) is 18.6. The Kier molecular flexibility index (Phi) is 4.17. The highest BCUT2D eigenvalue weighted by Crippen LogP contribution is 2.32. The van der Waals surface area contributed by atoms with Crippen molar-refractivity contribution >= 4 is 33.4 Å². The standard InChI is InChI=1S/C19H20N6O/c1-12(7-20)19(26)24-14-3-2-6-25(11-14)16-10-21-8-13-9-23-18-15(17(13)16)4-5-22-18/h4-5,8-10,12,14H,2-3,6,11H2,1H3,(H,22,23)(H,24,26). The van der Waals surface area contributed by atoms with Gasteiger partial charge in [-0.2, -0.15) is 5.26 Å². The molecule has 1 amide bonds. The summed E-state index contributed by atoms with van der Waals surface area (Å²) in [5.41, 5.74) is 1.91. The molecule has 132 valence electrons. The predicted molar refractivity (Wildman–Crippen MR) is 99.5 cm³/mol. The van der Waals surface area contributed by atoms with Crippen molar-refractivity contribution in [3.63, 3.8) is 0 Å². The van der Waals surface area contributed by atoms with E-state index in [1.165, 1.54) is 0 Å². The minimum absolute atomic E-state index is 0.0332. The second-order valence-electron chi connectivity index (χ2n) is 6.77. The van der Waals surface area contributed by atoms with E-state index >= 15 is 0 Å². The number of fused-ring (bicyclic) bond motifs is 3. The number of rotatable bonds is 3. The molecule has 7 heteroatoms. The van der Waals surface area contributed by atoms with Gasteiger partial charge in [0, 0.05) is 53.9 Å². The maximum absolute atomic E-state index is 12.1. The Hall–Kier alpha value is -3.14. The summed E-state index contributed by atoms with van der Waals surface area (Å²) in [5.74, 6) is -0.831. The van der Waals surface area contributed by atoms with Gasteiger partial charge in [0.05, 0.1) is 18.0 Å². The molecule has 0 spiro atoms. The highest BCUT2D eigenvalue weighted by atomic mass is 16.1. The minimum atomic E-state index is -0.629. The number of hydrogen-bond acceptors (Lipinski definition) is 5. The van der Waals surface area contributed by atoms with Gasteiger partial charge in [-0.25, -0.2) is 4.98 Å². The number of nitriles is 1. The summed E-state index contributed by atoms with van der Waals surface area (Å²) in [6, 6.07) is 4.06. The summed E-state index contributed by atoms with van der Waals surface area (Å²) >= 11 is 0. The Morgan fingerprint density at radius 2 is 2.35 bits per heavy atom. The van der Waals surface area contributed by atoms with Crippen molar-refractivity contribution in [3.8, 4) is 6.07 Å². The largest absolute Gasteiger partial charge is 0.368 e. The Morgan fingerprint density at radius 1 is 1.46 bits per heavy atom. The highest BCUT2D eigenvalue weighted by molar-refractivity contribution is 6.10. The Balaban J connectivity index is 1.66. The molecule has 0 bridgehead atoms. The number of carbonyl (C=O) groups excluding carboxylic acids is 1. The van der Waals surface area contributed by atoms with Gasteiger partial charge in [-0.15, -0.1) is 0 Å². The van der Waals surface area contributed by atoms with Gasteiger partial charge in [-0.1, -0.05) is 0 Å². The van der Waals surface area contributed by atoms with Crippen LogP contribution in [-0.4, -0.2) is 40.0 Å². The first-order valence-corrected chi connectivity index (χ1v) is 8.82. The number of anilines is 1. The second-order valence-corrected chi connectivity index (χ2v) is 6.77. The first kappa shape index (κ1) is 16.3. The molecule has 2 unspecified atom stereocenters. The van der Waals surface area contributed by atoms with Crippen LogP contribution in [0.15, 0.2) is 30.9 Å². The molecule has 3 aromatic heterocycles. The molecular weight excluding hydrogens is 328 g/mol. The third-order valence-corrected chi connectivity index (χ3v) is 4.98. The third kappa shape index (κ3) is 2.84. The van der Waals surface area contributed by atoms with E-state index in [4.69, 9.17) is 5.26 Å². The fraction of sp³-hybridized carbons (Fsp3) is 0.368. The Labute approximate surface area is 151 Å². The molecule has 1 fully saturated rings. The molecule has 1 aliphatic heterocycles. The Morgan fingerprint density at radius 3 is 3.19 bits per heavy atom. The molecule has 1 saturated heterocycles. The number of nitrogens with one attached hydrogen (secondary N) is 2. The summed E-state index contributed by atoms with van der Waals surface area (Å²) in [6.45, 7) is 3.24. The number of H-pyrrole nitrogens is 1. The van der Waals surface area contributed by atoms with Crippen molar-refractivity contribution in [1.29, 1.82) is 5.26 Å². The molecule has 3 aromatic rings. The Bertz CT molecular complexity index is 1000. The van der Waals surface area contributed by atoms with Gasteiger partial charge in [0.15, 0.2) is 0 Å². The van der Waals surface area contributed by atoms with Crippen LogP contribution in [-0.2, 0) is 4.79 Å². The molecular formula is C19H20N6O. The molecule has 2 N–H and O–H groups in total. The van der Waals surface area contributed by atoms with Crippen LogP contribution < -0.4 is 10.2 Å². The predicted octanol–water partition coefficient (Wildman–Crippen LogP) is 2.36. The first-order valence-electron chi connectivity index (χ1n) is 8.82. The number of amides is 1. The van der Waals surface area contributed by atoms with Crippen molar-refractivity contribution in [2.75, 3.05) is 18.0 Å². The summed E-state index contributed by atoms with van der Waals surface area (Å²) in [6.07, 6.45) is 9.34. The molecule has 7 nitrogen and oxygen atoms in total. The molecule has 4 heterocycles. The van der Waals surface area contributed by atoms with E-state index in [1.807, 2.05) is 36.9 Å². The van der Waals surface area contributed by atoms with E-state index in [0.717, 1.165) is 46.9 Å². The van der Waals surface area contributed by atoms with Crippen molar-refractivity contribution in [3.05, 3.63) is 30.9 Å². The van der Waals surface area contributed by atoms with Gasteiger partial charge in [0.1, 0.15) is 11.6 Å². The lowest BCUT2D eigenvalue weighted by Crippen LogP contribution is -2.49. The molecule has 0 aliphatic carbocycles. The van der Waals surface area contributed by atoms with Crippen LogP contribution in [0.4, 0.5) is 5.69 Å². The fourth-order valence-corrected chi connectivity index (χ4v) is 3.60. The lowest BCUT2D eigenvalue weighted by molar-refractivity contribution is -0.123. The molecule has 2 atom stereocenters. The van der Waals surface area contributed by atoms with Gasteiger partial charge >= 0.3 is 0 Å². The second kappa shape index (κ2) is 6.64. The van der Waals surface area contributed by atoms with E-state index < -0.39 is 5.92 Å². The van der Waals surface area contributed by atoms with Crippen LogP contribution in [0.5, 0.6) is 0 Å². The van der Waals surface area contributed by atoms with E-state index in [0.29, 0.717) is 6.54 Å². The van der Waals surface area contributed by atoms with E-state index in [1.54, 1.807) is 6.92 Å². The van der Waals surface area contributed by atoms with Crippen LogP contribution in [0.1, 0.15) is 19.8 Å². The van der Waals surface area contributed by atoms with Crippen LogP contribution in [0.2, 0.25) is 0 Å². The molecule has 1 aliphatic rings. The monoisotopic (exact) mass is 348 g/mol. The van der Waals surface area contributed by atoms with Crippen molar-refractivity contribution < 1.29 is 4.79 Å². The number of aromatic amines is 1. The van der Waals surface area contributed by atoms with E-state index in [-0.39, 0.29) is 11.9 Å².